The Morgan fingerprint density at radius 3 is 2.92 bits per heavy atom. The van der Waals surface area contributed by atoms with Gasteiger partial charge in [-0.25, -0.2) is 4.98 Å². The molecule has 0 aliphatic carbocycles. The molecule has 0 saturated carbocycles. The molecule has 1 aromatic rings. The van der Waals surface area contributed by atoms with Gasteiger partial charge in [0.05, 0.1) is 5.69 Å². The van der Waals surface area contributed by atoms with Crippen molar-refractivity contribution in [3.63, 3.8) is 0 Å². The number of nitrogen functional groups attached to an aromatic ring is 1. The number of nitrogens with one attached hydrogen (secondary N) is 1. The summed E-state index contributed by atoms with van der Waals surface area (Å²) in [6, 6.07) is 0. The third-order valence-electron chi connectivity index (χ3n) is 1.68. The molecule has 0 unspecified atom stereocenters. The van der Waals surface area contributed by atoms with Gasteiger partial charge in [-0.1, -0.05) is 13.8 Å². The first-order chi connectivity index (χ1) is 6.18. The van der Waals surface area contributed by atoms with Crippen molar-refractivity contribution in [2.75, 3.05) is 18.8 Å². The molecule has 74 valence electrons. The van der Waals surface area contributed by atoms with Crippen LogP contribution in [0.3, 0.4) is 0 Å². The minimum Gasteiger partial charge on any atom is -0.375 e. The average Bonchev–Trinajstić information content (AvgIpc) is 2.45. The Hall–Kier alpha value is -0.610. The smallest absolute Gasteiger partial charge is 0.180 e. The highest BCUT2D eigenvalue weighted by molar-refractivity contribution is 7.13. The molecule has 0 aliphatic rings. The van der Waals surface area contributed by atoms with E-state index < -0.39 is 0 Å². The molecule has 0 aliphatic heterocycles. The van der Waals surface area contributed by atoms with Gasteiger partial charge >= 0.3 is 0 Å². The Kier molecular flexibility index (Phi) is 4.18. The zero-order valence-corrected chi connectivity index (χ0v) is 9.03. The molecule has 1 rings (SSSR count). The van der Waals surface area contributed by atoms with Gasteiger partial charge in [-0.2, -0.15) is 0 Å². The molecule has 0 radical (unpaired) electrons. The van der Waals surface area contributed by atoms with Crippen molar-refractivity contribution in [3.8, 4) is 0 Å². The minimum atomic E-state index is 0.666. The van der Waals surface area contributed by atoms with E-state index in [0.717, 1.165) is 25.2 Å². The van der Waals surface area contributed by atoms with E-state index in [1.54, 1.807) is 0 Å². The van der Waals surface area contributed by atoms with Crippen molar-refractivity contribution in [2.45, 2.75) is 20.3 Å². The fourth-order valence-electron chi connectivity index (χ4n) is 1.04. The average molecular weight is 199 g/mol. The Labute approximate surface area is 83.4 Å². The van der Waals surface area contributed by atoms with Crippen molar-refractivity contribution in [2.24, 2.45) is 5.92 Å². The zero-order chi connectivity index (χ0) is 9.68. The third kappa shape index (κ3) is 4.24. The highest BCUT2D eigenvalue weighted by Crippen LogP contribution is 2.10. The largest absolute Gasteiger partial charge is 0.375 e. The normalized spacial score (nSPS) is 11.0. The summed E-state index contributed by atoms with van der Waals surface area (Å²) in [4.78, 5) is 4.18. The monoisotopic (exact) mass is 199 g/mol. The quantitative estimate of drug-likeness (QED) is 0.707. The predicted molar refractivity (Wildman–Crippen MR) is 57.9 cm³/mol. The number of anilines is 1. The molecule has 1 aromatic heterocycles. The SMILES string of the molecule is CC(C)CNCCc1csc(N)n1. The summed E-state index contributed by atoms with van der Waals surface area (Å²) in [5, 5.41) is 6.05. The molecule has 0 amide bonds. The van der Waals surface area contributed by atoms with E-state index in [1.165, 1.54) is 11.3 Å². The molecule has 0 spiro atoms. The number of aromatic nitrogens is 1. The van der Waals surface area contributed by atoms with Crippen LogP contribution in [-0.2, 0) is 6.42 Å². The Morgan fingerprint density at radius 2 is 2.38 bits per heavy atom. The lowest BCUT2D eigenvalue weighted by atomic mass is 10.2. The van der Waals surface area contributed by atoms with Crippen molar-refractivity contribution in [1.82, 2.24) is 10.3 Å². The molecule has 0 aromatic carbocycles. The van der Waals surface area contributed by atoms with Gasteiger partial charge in [0.15, 0.2) is 5.13 Å². The molecule has 4 heteroatoms. The second-order valence-corrected chi connectivity index (χ2v) is 4.41. The molecule has 1 heterocycles. The van der Waals surface area contributed by atoms with Crippen LogP contribution in [0.25, 0.3) is 0 Å². The summed E-state index contributed by atoms with van der Waals surface area (Å²) >= 11 is 1.51. The lowest BCUT2D eigenvalue weighted by Crippen LogP contribution is -2.22. The Morgan fingerprint density at radius 1 is 1.62 bits per heavy atom. The van der Waals surface area contributed by atoms with Crippen LogP contribution in [0.2, 0.25) is 0 Å². The maximum atomic E-state index is 5.52. The lowest BCUT2D eigenvalue weighted by Gasteiger charge is -2.05. The first-order valence-electron chi connectivity index (χ1n) is 4.59. The highest BCUT2D eigenvalue weighted by Gasteiger charge is 1.98. The van der Waals surface area contributed by atoms with Gasteiger partial charge in [-0.3, -0.25) is 0 Å². The van der Waals surface area contributed by atoms with E-state index in [1.807, 2.05) is 5.38 Å². The summed E-state index contributed by atoms with van der Waals surface area (Å²) in [6.45, 7) is 6.46. The van der Waals surface area contributed by atoms with Gasteiger partial charge in [-0.15, -0.1) is 11.3 Å². The topological polar surface area (TPSA) is 50.9 Å². The van der Waals surface area contributed by atoms with Gasteiger partial charge in [0, 0.05) is 18.3 Å². The number of hydrogen-bond donors (Lipinski definition) is 2. The number of nitrogens with two attached hydrogens (primary N) is 1. The summed E-state index contributed by atoms with van der Waals surface area (Å²) in [7, 11) is 0. The van der Waals surface area contributed by atoms with Crippen LogP contribution < -0.4 is 11.1 Å². The van der Waals surface area contributed by atoms with Crippen molar-refractivity contribution in [1.29, 1.82) is 0 Å². The maximum absolute atomic E-state index is 5.52. The van der Waals surface area contributed by atoms with Gasteiger partial charge in [-0.05, 0) is 12.5 Å². The minimum absolute atomic E-state index is 0.666. The summed E-state index contributed by atoms with van der Waals surface area (Å²) in [5.74, 6) is 0.709. The number of rotatable bonds is 5. The highest BCUT2D eigenvalue weighted by atomic mass is 32.1. The standard InChI is InChI=1S/C9H17N3S/c1-7(2)5-11-4-3-8-6-13-9(10)12-8/h6-7,11H,3-5H2,1-2H3,(H2,10,12). The lowest BCUT2D eigenvalue weighted by molar-refractivity contribution is 0.553. The van der Waals surface area contributed by atoms with Crippen molar-refractivity contribution < 1.29 is 0 Å². The van der Waals surface area contributed by atoms with Gasteiger partial charge in [0.25, 0.3) is 0 Å². The molecule has 3 nitrogen and oxygen atoms in total. The fraction of sp³-hybridized carbons (Fsp3) is 0.667. The van der Waals surface area contributed by atoms with Crippen molar-refractivity contribution in [3.05, 3.63) is 11.1 Å². The van der Waals surface area contributed by atoms with E-state index in [-0.39, 0.29) is 0 Å². The molecule has 0 bridgehead atoms. The molecule has 0 fully saturated rings. The number of thiazole rings is 1. The maximum Gasteiger partial charge on any atom is 0.180 e. The molecular weight excluding hydrogens is 182 g/mol. The predicted octanol–water partition coefficient (Wildman–Crippen LogP) is 1.51. The summed E-state index contributed by atoms with van der Waals surface area (Å²) < 4.78 is 0. The van der Waals surface area contributed by atoms with E-state index in [9.17, 15) is 0 Å². The molecule has 13 heavy (non-hydrogen) atoms. The van der Waals surface area contributed by atoms with Crippen LogP contribution in [-0.4, -0.2) is 18.1 Å². The molecular formula is C9H17N3S. The number of hydrogen-bond acceptors (Lipinski definition) is 4. The van der Waals surface area contributed by atoms with Crippen LogP contribution >= 0.6 is 11.3 Å². The van der Waals surface area contributed by atoms with Gasteiger partial charge in [0.2, 0.25) is 0 Å². The first-order valence-corrected chi connectivity index (χ1v) is 5.47. The molecule has 0 saturated heterocycles. The van der Waals surface area contributed by atoms with Crippen LogP contribution in [0.4, 0.5) is 5.13 Å². The summed E-state index contributed by atoms with van der Waals surface area (Å²) in [6.07, 6.45) is 0.973. The van der Waals surface area contributed by atoms with Gasteiger partial charge in [0.1, 0.15) is 0 Å². The van der Waals surface area contributed by atoms with Crippen LogP contribution in [0.15, 0.2) is 5.38 Å². The molecule has 0 atom stereocenters. The second-order valence-electron chi connectivity index (χ2n) is 3.53. The fourth-order valence-corrected chi connectivity index (χ4v) is 1.64. The molecule has 3 N–H and O–H groups in total. The van der Waals surface area contributed by atoms with Gasteiger partial charge < -0.3 is 11.1 Å². The van der Waals surface area contributed by atoms with Crippen molar-refractivity contribution >= 4 is 16.5 Å². The van der Waals surface area contributed by atoms with Crippen LogP contribution in [0, 0.1) is 5.92 Å². The first kappa shape index (κ1) is 10.5. The van der Waals surface area contributed by atoms with E-state index in [2.05, 4.69) is 24.1 Å². The Bertz CT molecular complexity index is 245. The van der Waals surface area contributed by atoms with E-state index in [0.29, 0.717) is 11.0 Å². The van der Waals surface area contributed by atoms with E-state index in [4.69, 9.17) is 5.73 Å². The van der Waals surface area contributed by atoms with Crippen LogP contribution in [0.5, 0.6) is 0 Å². The summed E-state index contributed by atoms with van der Waals surface area (Å²) in [5.41, 5.74) is 6.61. The second kappa shape index (κ2) is 5.19. The third-order valence-corrected chi connectivity index (χ3v) is 2.40. The van der Waals surface area contributed by atoms with E-state index >= 15 is 0 Å². The zero-order valence-electron chi connectivity index (χ0n) is 8.21. The number of nitrogens with zero attached hydrogens (tertiary/aromatic N) is 1. The van der Waals surface area contributed by atoms with Crippen LogP contribution in [0.1, 0.15) is 19.5 Å². The Balaban J connectivity index is 2.13.